The molecule has 0 spiro atoms. The molecular weight excluding hydrogens is 592 g/mol. The van der Waals surface area contributed by atoms with Gasteiger partial charge in [0, 0.05) is 24.6 Å². The minimum atomic E-state index is -4.88. The first kappa shape index (κ1) is 33.1. The van der Waals surface area contributed by atoms with Crippen molar-refractivity contribution in [1.82, 2.24) is 4.98 Å². The number of rotatable bonds is 13. The van der Waals surface area contributed by atoms with Crippen LogP contribution in [0, 0.1) is 17.1 Å². The van der Waals surface area contributed by atoms with Gasteiger partial charge in [0.2, 0.25) is 0 Å². The topological polar surface area (TPSA) is 113 Å². The third kappa shape index (κ3) is 7.74. The minimum Gasteiger partial charge on any atom is -0.354 e. The van der Waals surface area contributed by atoms with Crippen molar-refractivity contribution in [1.29, 1.82) is 5.41 Å². The van der Waals surface area contributed by atoms with Crippen LogP contribution in [0.25, 0.3) is 6.08 Å². The molecule has 10 heteroatoms. The van der Waals surface area contributed by atoms with Gasteiger partial charge in [0.25, 0.3) is 0 Å². The van der Waals surface area contributed by atoms with E-state index in [1.54, 1.807) is 36.7 Å². The third-order valence-corrected chi connectivity index (χ3v) is 8.74. The van der Waals surface area contributed by atoms with Crippen LogP contribution in [0.1, 0.15) is 74.1 Å². The maximum Gasteiger partial charge on any atom is 0.432 e. The summed E-state index contributed by atoms with van der Waals surface area (Å²) in [6.07, 6.45) is 8.97. The summed E-state index contributed by atoms with van der Waals surface area (Å²) in [5.74, 6) is 0.0409. The van der Waals surface area contributed by atoms with Crippen LogP contribution in [0.4, 0.5) is 28.9 Å². The number of nitrogens with two attached hydrogens (primary N) is 2. The van der Waals surface area contributed by atoms with Crippen LogP contribution < -0.4 is 22.1 Å². The van der Waals surface area contributed by atoms with Gasteiger partial charge >= 0.3 is 6.18 Å². The van der Waals surface area contributed by atoms with Crippen molar-refractivity contribution >= 4 is 23.2 Å². The van der Waals surface area contributed by atoms with Gasteiger partial charge in [-0.1, -0.05) is 37.1 Å². The van der Waals surface area contributed by atoms with Crippen molar-refractivity contribution in [3.05, 3.63) is 118 Å². The highest BCUT2D eigenvalue weighted by molar-refractivity contribution is 5.98. The van der Waals surface area contributed by atoms with Gasteiger partial charge in [0.1, 0.15) is 11.5 Å². The average Bonchev–Trinajstić information content (AvgIpc) is 3.85. The third-order valence-electron chi connectivity index (χ3n) is 8.74. The quantitative estimate of drug-likeness (QED) is 0.0958. The maximum atomic E-state index is 15.6. The molecule has 2 saturated carbocycles. The number of halogens is 4. The summed E-state index contributed by atoms with van der Waals surface area (Å²) >= 11 is 0. The molecule has 3 aromatic rings. The Morgan fingerprint density at radius 3 is 2.37 bits per heavy atom. The van der Waals surface area contributed by atoms with E-state index in [1.807, 2.05) is 37.3 Å². The van der Waals surface area contributed by atoms with Crippen molar-refractivity contribution in [2.45, 2.75) is 70.1 Å². The largest absolute Gasteiger partial charge is 0.432 e. The van der Waals surface area contributed by atoms with Gasteiger partial charge in [-0.05, 0) is 115 Å². The molecule has 242 valence electrons. The van der Waals surface area contributed by atoms with Gasteiger partial charge < -0.3 is 22.1 Å². The Balaban J connectivity index is 1.56. The first-order chi connectivity index (χ1) is 22.0. The molecule has 0 bridgehead atoms. The lowest BCUT2D eigenvalue weighted by Gasteiger charge is -2.32. The van der Waals surface area contributed by atoms with Crippen LogP contribution in [-0.2, 0) is 12.1 Å². The van der Waals surface area contributed by atoms with Crippen molar-refractivity contribution in [3.63, 3.8) is 0 Å². The van der Waals surface area contributed by atoms with Crippen LogP contribution in [0.5, 0.6) is 0 Å². The molecule has 2 aromatic carbocycles. The van der Waals surface area contributed by atoms with E-state index in [0.29, 0.717) is 42.1 Å². The molecule has 0 amide bonds. The second-order valence-corrected chi connectivity index (χ2v) is 12.1. The summed E-state index contributed by atoms with van der Waals surface area (Å²) < 4.78 is 56.7. The number of alkyl halides is 3. The molecule has 2 aliphatic rings. The van der Waals surface area contributed by atoms with Gasteiger partial charge in [0.05, 0.1) is 22.6 Å². The highest BCUT2D eigenvalue weighted by Gasteiger charge is 2.35. The summed E-state index contributed by atoms with van der Waals surface area (Å²) in [5, 5.41) is 14.0. The van der Waals surface area contributed by atoms with E-state index in [1.165, 1.54) is 18.9 Å². The number of aromatic nitrogens is 1. The zero-order valence-electron chi connectivity index (χ0n) is 25.9. The Morgan fingerprint density at radius 2 is 1.76 bits per heavy atom. The van der Waals surface area contributed by atoms with Crippen LogP contribution >= 0.6 is 0 Å². The molecule has 7 N–H and O–H groups in total. The molecule has 2 fully saturated rings. The number of allylic oxidation sites excluding steroid dienone is 3. The maximum absolute atomic E-state index is 15.6. The number of hydrogen-bond donors (Lipinski definition) is 5. The number of pyridine rings is 1. The minimum absolute atomic E-state index is 0.00506. The molecule has 6 nitrogen and oxygen atoms in total. The van der Waals surface area contributed by atoms with Gasteiger partial charge in [-0.2, -0.15) is 13.2 Å². The van der Waals surface area contributed by atoms with Gasteiger partial charge in [-0.15, -0.1) is 0 Å². The predicted octanol–water partition coefficient (Wildman–Crippen LogP) is 8.53. The zero-order valence-corrected chi connectivity index (χ0v) is 25.9. The molecule has 2 aliphatic carbocycles. The smallest absolute Gasteiger partial charge is 0.354 e. The summed E-state index contributed by atoms with van der Waals surface area (Å²) in [7, 11) is 0. The molecular formula is C36H40F4N6. The molecule has 5 rings (SSSR count). The number of hydrogen-bond acceptors (Lipinski definition) is 6. The lowest BCUT2D eigenvalue weighted by molar-refractivity contribution is -0.0584. The Hall–Kier alpha value is -4.28. The standard InChI is InChI=1S/C36H40F4N6/c1-2-4-24-9-11-29(19-26(24)22-41)45-32(21-33(42)36(38,39)40)34(25-5-3-6-25)46-31-20-28(10-12-30(31)37)35(43,16-13-23-7-8-23)27-14-17-44-18-15-27/h2,4,9-12,14-15,17-21,23,42,45-46H,3,5-8,13,16,22,41,43H2,1H3/b4-2-,32-21-,42-33?. The molecule has 1 aromatic heterocycles. The number of nitrogens with zero attached hydrogens (tertiary/aromatic N) is 1. The summed E-state index contributed by atoms with van der Waals surface area (Å²) in [6, 6.07) is 13.7. The van der Waals surface area contributed by atoms with E-state index in [2.05, 4.69) is 15.6 Å². The van der Waals surface area contributed by atoms with Gasteiger partial charge in [0.15, 0.2) is 0 Å². The molecule has 1 atom stereocenters. The molecule has 1 heterocycles. The number of benzene rings is 2. The fourth-order valence-electron chi connectivity index (χ4n) is 5.68. The first-order valence-electron chi connectivity index (χ1n) is 15.6. The van der Waals surface area contributed by atoms with Gasteiger partial charge in [-0.25, -0.2) is 4.39 Å². The lowest BCUT2D eigenvalue weighted by atomic mass is 9.79. The van der Waals surface area contributed by atoms with Crippen LogP contribution in [0.2, 0.25) is 0 Å². The number of nitrogens with one attached hydrogen (secondary N) is 3. The molecule has 0 saturated heterocycles. The highest BCUT2D eigenvalue weighted by atomic mass is 19.4. The fourth-order valence-corrected chi connectivity index (χ4v) is 5.68. The van der Waals surface area contributed by atoms with Crippen molar-refractivity contribution < 1.29 is 17.6 Å². The Bertz CT molecular complexity index is 1650. The van der Waals surface area contributed by atoms with Crippen molar-refractivity contribution in [2.24, 2.45) is 17.4 Å². The monoisotopic (exact) mass is 632 g/mol. The van der Waals surface area contributed by atoms with Crippen LogP contribution in [0.15, 0.2) is 90.0 Å². The Kier molecular flexibility index (Phi) is 10.1. The SMILES string of the molecule is C/C=C\c1ccc(N/C(=C\C(=N)C(F)(F)F)C(Nc2cc(C(N)(CCC3CC3)c3ccncc3)ccc2F)=C2CCC2)cc1CN. The van der Waals surface area contributed by atoms with Crippen molar-refractivity contribution in [2.75, 3.05) is 10.6 Å². The molecule has 0 radical (unpaired) electrons. The molecule has 46 heavy (non-hydrogen) atoms. The lowest BCUT2D eigenvalue weighted by Crippen LogP contribution is -2.38. The summed E-state index contributed by atoms with van der Waals surface area (Å²) in [6.45, 7) is 2.10. The Labute approximate surface area is 267 Å². The van der Waals surface area contributed by atoms with E-state index in [9.17, 15) is 13.2 Å². The second-order valence-electron chi connectivity index (χ2n) is 12.1. The second kappa shape index (κ2) is 14.0. The Morgan fingerprint density at radius 1 is 1.02 bits per heavy atom. The van der Waals surface area contributed by atoms with E-state index >= 15 is 4.39 Å². The van der Waals surface area contributed by atoms with E-state index in [4.69, 9.17) is 16.9 Å². The fraction of sp³-hybridized carbons (Fsp3) is 0.333. The van der Waals surface area contributed by atoms with Crippen molar-refractivity contribution in [3.8, 4) is 0 Å². The van der Waals surface area contributed by atoms with E-state index < -0.39 is 23.2 Å². The zero-order chi connectivity index (χ0) is 32.9. The summed E-state index contributed by atoms with van der Waals surface area (Å²) in [4.78, 5) is 4.13. The summed E-state index contributed by atoms with van der Waals surface area (Å²) in [5.41, 5.74) is 15.5. The van der Waals surface area contributed by atoms with E-state index in [-0.39, 0.29) is 17.9 Å². The molecule has 0 aliphatic heterocycles. The normalized spacial score (nSPS) is 16.6. The highest BCUT2D eigenvalue weighted by Crippen LogP contribution is 2.41. The van der Waals surface area contributed by atoms with Crippen LogP contribution in [-0.4, -0.2) is 16.9 Å². The average molecular weight is 633 g/mol. The first-order valence-corrected chi connectivity index (χ1v) is 15.6. The predicted molar refractivity (Wildman–Crippen MR) is 177 cm³/mol. The van der Waals surface area contributed by atoms with Gasteiger partial charge in [-0.3, -0.25) is 10.4 Å². The van der Waals surface area contributed by atoms with E-state index in [0.717, 1.165) is 41.2 Å². The molecule has 1 unspecified atom stereocenters. The van der Waals surface area contributed by atoms with Crippen LogP contribution in [0.3, 0.4) is 0 Å². The number of anilines is 2.